The van der Waals surface area contributed by atoms with Crippen molar-refractivity contribution in [3.05, 3.63) is 90.3 Å². The number of pyridine rings is 2. The van der Waals surface area contributed by atoms with Crippen LogP contribution in [0.4, 0.5) is 11.5 Å². The Balaban J connectivity index is 1.33. The van der Waals surface area contributed by atoms with E-state index in [9.17, 15) is 4.79 Å². The topological polar surface area (TPSA) is 76.6 Å². The summed E-state index contributed by atoms with van der Waals surface area (Å²) in [6, 6.07) is 21.5. The predicted molar refractivity (Wildman–Crippen MR) is 136 cm³/mol. The van der Waals surface area contributed by atoms with Crippen LogP contribution in [0.3, 0.4) is 0 Å². The van der Waals surface area contributed by atoms with Crippen molar-refractivity contribution >= 4 is 28.3 Å². The number of fused-ring (bicyclic) bond motifs is 1. The molecule has 1 fully saturated rings. The molecule has 3 heterocycles. The highest BCUT2D eigenvalue weighted by molar-refractivity contribution is 5.99. The summed E-state index contributed by atoms with van der Waals surface area (Å²) >= 11 is 0. The Bertz CT molecular complexity index is 1330. The minimum absolute atomic E-state index is 0.0540. The Morgan fingerprint density at radius 3 is 2.89 bits per heavy atom. The van der Waals surface area contributed by atoms with E-state index in [0.717, 1.165) is 28.8 Å². The van der Waals surface area contributed by atoms with Crippen LogP contribution in [0.5, 0.6) is 5.75 Å². The normalized spacial score (nSPS) is 16.0. The van der Waals surface area contributed by atoms with E-state index in [2.05, 4.69) is 39.6 Å². The summed E-state index contributed by atoms with van der Waals surface area (Å²) in [5.41, 5.74) is 3.54. The van der Waals surface area contributed by atoms with E-state index in [0.29, 0.717) is 37.7 Å². The van der Waals surface area contributed by atoms with Gasteiger partial charge in [0.25, 0.3) is 5.91 Å². The van der Waals surface area contributed by atoms with Gasteiger partial charge in [-0.3, -0.25) is 9.78 Å². The molecule has 0 aliphatic carbocycles. The number of methoxy groups -OCH3 is 1. The maximum absolute atomic E-state index is 13.6. The average molecular weight is 469 g/mol. The van der Waals surface area contributed by atoms with Crippen LogP contribution in [0.15, 0.2) is 79.1 Å². The number of anilines is 2. The molecule has 178 valence electrons. The summed E-state index contributed by atoms with van der Waals surface area (Å²) in [5, 5.41) is 4.40. The number of carbonyl (C=O) groups is 1. The van der Waals surface area contributed by atoms with Crippen LogP contribution in [0.1, 0.15) is 15.9 Å². The summed E-state index contributed by atoms with van der Waals surface area (Å²) in [5.74, 6) is 1.40. The molecule has 0 unspecified atom stereocenters. The Morgan fingerprint density at radius 2 is 1.97 bits per heavy atom. The molecule has 7 nitrogen and oxygen atoms in total. The second-order valence-corrected chi connectivity index (χ2v) is 8.68. The maximum Gasteiger partial charge on any atom is 0.257 e. The van der Waals surface area contributed by atoms with Gasteiger partial charge in [0.1, 0.15) is 11.6 Å². The van der Waals surface area contributed by atoms with Gasteiger partial charge >= 0.3 is 0 Å². The van der Waals surface area contributed by atoms with Crippen molar-refractivity contribution in [2.75, 3.05) is 38.7 Å². The zero-order valence-electron chi connectivity index (χ0n) is 19.7. The molecule has 0 spiro atoms. The Labute approximate surface area is 204 Å². The summed E-state index contributed by atoms with van der Waals surface area (Å²) in [6.07, 6.45) is 4.32. The summed E-state index contributed by atoms with van der Waals surface area (Å²) in [6.45, 7) is 2.31. The molecule has 0 bridgehead atoms. The van der Waals surface area contributed by atoms with E-state index in [1.165, 1.54) is 5.56 Å². The number of rotatable bonds is 6. The van der Waals surface area contributed by atoms with E-state index in [1.54, 1.807) is 25.6 Å². The SMILES string of the molecule is COc1cccc(Nc2ncccc2C(=O)N2CCOC[C@H](Cc3ccc4ncccc4c3)C2)c1. The largest absolute Gasteiger partial charge is 0.497 e. The number of nitrogens with zero attached hydrogens (tertiary/aromatic N) is 3. The highest BCUT2D eigenvalue weighted by Gasteiger charge is 2.25. The van der Waals surface area contributed by atoms with Crippen molar-refractivity contribution in [2.24, 2.45) is 5.92 Å². The van der Waals surface area contributed by atoms with Gasteiger partial charge in [-0.25, -0.2) is 4.98 Å². The molecule has 7 heteroatoms. The van der Waals surface area contributed by atoms with E-state index in [-0.39, 0.29) is 11.8 Å². The molecular formula is C28H28N4O3. The highest BCUT2D eigenvalue weighted by Crippen LogP contribution is 2.25. The zero-order valence-corrected chi connectivity index (χ0v) is 19.7. The number of carbonyl (C=O) groups excluding carboxylic acids is 1. The molecule has 1 aliphatic heterocycles. The van der Waals surface area contributed by atoms with Crippen molar-refractivity contribution in [2.45, 2.75) is 6.42 Å². The van der Waals surface area contributed by atoms with Crippen molar-refractivity contribution in [1.29, 1.82) is 0 Å². The molecular weight excluding hydrogens is 440 g/mol. The first-order valence-corrected chi connectivity index (χ1v) is 11.8. The smallest absolute Gasteiger partial charge is 0.257 e. The monoisotopic (exact) mass is 468 g/mol. The number of benzene rings is 2. The third-order valence-electron chi connectivity index (χ3n) is 6.19. The van der Waals surface area contributed by atoms with Gasteiger partial charge in [-0.2, -0.15) is 0 Å². The highest BCUT2D eigenvalue weighted by atomic mass is 16.5. The van der Waals surface area contributed by atoms with Crippen molar-refractivity contribution in [3.8, 4) is 5.75 Å². The second-order valence-electron chi connectivity index (χ2n) is 8.68. The molecule has 1 N–H and O–H groups in total. The summed E-state index contributed by atoms with van der Waals surface area (Å²) in [4.78, 5) is 24.4. The first-order valence-electron chi connectivity index (χ1n) is 11.8. The van der Waals surface area contributed by atoms with Crippen LogP contribution in [-0.2, 0) is 11.2 Å². The minimum atomic E-state index is -0.0540. The maximum atomic E-state index is 13.6. The predicted octanol–water partition coefficient (Wildman–Crippen LogP) is 4.71. The first-order chi connectivity index (χ1) is 17.2. The lowest BCUT2D eigenvalue weighted by atomic mass is 9.98. The van der Waals surface area contributed by atoms with E-state index < -0.39 is 0 Å². The van der Waals surface area contributed by atoms with E-state index in [1.807, 2.05) is 41.3 Å². The number of nitrogens with one attached hydrogen (secondary N) is 1. The molecule has 1 amide bonds. The first kappa shape index (κ1) is 22.8. The Morgan fingerprint density at radius 1 is 1.09 bits per heavy atom. The molecule has 0 radical (unpaired) electrons. The molecule has 4 aromatic rings. The fourth-order valence-electron chi connectivity index (χ4n) is 4.46. The standard InChI is InChI=1S/C28H28N4O3/c1-34-24-7-2-6-23(17-24)31-27-25(8-4-12-30-27)28(33)32-13-14-35-19-21(18-32)15-20-9-10-26-22(16-20)5-3-11-29-26/h2-12,16-17,21H,13-15,18-19H2,1H3,(H,30,31)/t21-/m1/s1. The van der Waals surface area contributed by atoms with Gasteiger partial charge in [-0.1, -0.05) is 18.2 Å². The molecule has 2 aromatic heterocycles. The van der Waals surface area contributed by atoms with Crippen LogP contribution >= 0.6 is 0 Å². The van der Waals surface area contributed by atoms with Gasteiger partial charge in [0.15, 0.2) is 0 Å². The second kappa shape index (κ2) is 10.5. The van der Waals surface area contributed by atoms with Gasteiger partial charge in [0.2, 0.25) is 0 Å². The summed E-state index contributed by atoms with van der Waals surface area (Å²) < 4.78 is 11.2. The lowest BCUT2D eigenvalue weighted by molar-refractivity contribution is 0.0738. The molecule has 2 aromatic carbocycles. The van der Waals surface area contributed by atoms with Crippen LogP contribution in [0, 0.1) is 5.92 Å². The molecule has 0 saturated carbocycles. The number of hydrogen-bond acceptors (Lipinski definition) is 6. The van der Waals surface area contributed by atoms with Crippen LogP contribution in [-0.4, -0.2) is 54.2 Å². The Kier molecular flexibility index (Phi) is 6.86. The van der Waals surface area contributed by atoms with Gasteiger partial charge in [0, 0.05) is 48.5 Å². The van der Waals surface area contributed by atoms with Crippen LogP contribution < -0.4 is 10.1 Å². The van der Waals surface area contributed by atoms with Crippen molar-refractivity contribution in [3.63, 3.8) is 0 Å². The van der Waals surface area contributed by atoms with Gasteiger partial charge in [-0.05, 0) is 54.4 Å². The number of aromatic nitrogens is 2. The lowest BCUT2D eigenvalue weighted by Gasteiger charge is -2.24. The number of amides is 1. The molecule has 35 heavy (non-hydrogen) atoms. The van der Waals surface area contributed by atoms with Gasteiger partial charge in [-0.15, -0.1) is 0 Å². The fourth-order valence-corrected chi connectivity index (χ4v) is 4.46. The van der Waals surface area contributed by atoms with E-state index in [4.69, 9.17) is 9.47 Å². The van der Waals surface area contributed by atoms with Gasteiger partial charge in [0.05, 0.1) is 31.4 Å². The molecule has 1 aliphatic rings. The van der Waals surface area contributed by atoms with Crippen LogP contribution in [0.2, 0.25) is 0 Å². The van der Waals surface area contributed by atoms with Crippen molar-refractivity contribution < 1.29 is 14.3 Å². The lowest BCUT2D eigenvalue weighted by Crippen LogP contribution is -2.36. The third-order valence-corrected chi connectivity index (χ3v) is 6.19. The van der Waals surface area contributed by atoms with E-state index >= 15 is 0 Å². The van der Waals surface area contributed by atoms with Crippen molar-refractivity contribution in [1.82, 2.24) is 14.9 Å². The summed E-state index contributed by atoms with van der Waals surface area (Å²) in [7, 11) is 1.63. The molecule has 1 saturated heterocycles. The number of hydrogen-bond donors (Lipinski definition) is 1. The number of ether oxygens (including phenoxy) is 2. The average Bonchev–Trinajstić information content (AvgIpc) is 3.14. The van der Waals surface area contributed by atoms with Gasteiger partial charge < -0.3 is 19.7 Å². The minimum Gasteiger partial charge on any atom is -0.497 e. The molecule has 5 rings (SSSR count). The van der Waals surface area contributed by atoms with Crippen LogP contribution in [0.25, 0.3) is 10.9 Å². The quantitative estimate of drug-likeness (QED) is 0.442. The molecule has 1 atom stereocenters. The third kappa shape index (κ3) is 5.41. The zero-order chi connectivity index (χ0) is 24.0. The fraction of sp³-hybridized carbons (Fsp3) is 0.250. The Hall–Kier alpha value is -3.97.